The zero-order valence-corrected chi connectivity index (χ0v) is 6.99. The van der Waals surface area contributed by atoms with Crippen molar-refractivity contribution in [2.75, 3.05) is 0 Å². The van der Waals surface area contributed by atoms with E-state index in [2.05, 4.69) is 4.98 Å². The summed E-state index contributed by atoms with van der Waals surface area (Å²) in [4.78, 5) is 13.2. The number of fused-ring (bicyclic) bond motifs is 1. The minimum absolute atomic E-state index is 0.358. The molecule has 13 heavy (non-hydrogen) atoms. The van der Waals surface area contributed by atoms with Gasteiger partial charge >= 0.3 is 6.01 Å². The average Bonchev–Trinajstić information content (AvgIpc) is 2.46. The van der Waals surface area contributed by atoms with Crippen molar-refractivity contribution in [2.24, 2.45) is 0 Å². The van der Waals surface area contributed by atoms with E-state index in [1.165, 1.54) is 12.1 Å². The van der Waals surface area contributed by atoms with Crippen LogP contribution in [0.15, 0.2) is 22.6 Å². The summed E-state index contributed by atoms with van der Waals surface area (Å²) in [5.74, 6) is 0. The molecule has 0 saturated heterocycles. The van der Waals surface area contributed by atoms with Gasteiger partial charge in [0.1, 0.15) is 0 Å². The fraction of sp³-hybridized carbons (Fsp3) is 0. The molecule has 0 atom stereocenters. The fourth-order valence-electron chi connectivity index (χ4n) is 0.967. The maximum atomic E-state index is 10.3. The Morgan fingerprint density at radius 2 is 2.31 bits per heavy atom. The monoisotopic (exact) mass is 198 g/mol. The molecule has 0 aliphatic heterocycles. The van der Waals surface area contributed by atoms with Gasteiger partial charge in [-0.15, -0.1) is 0 Å². The third kappa shape index (κ3) is 1.33. The van der Waals surface area contributed by atoms with Gasteiger partial charge in [0, 0.05) is 21.0 Å². The molecule has 0 fully saturated rings. The zero-order chi connectivity index (χ0) is 9.42. The van der Waals surface area contributed by atoms with Crippen molar-refractivity contribution in [1.82, 2.24) is 4.98 Å². The van der Waals surface area contributed by atoms with E-state index in [9.17, 15) is 10.1 Å². The second kappa shape index (κ2) is 2.70. The molecule has 0 saturated carbocycles. The third-order valence-electron chi connectivity index (χ3n) is 1.49. The number of aromatic nitrogens is 1. The Morgan fingerprint density at radius 3 is 3.00 bits per heavy atom. The lowest BCUT2D eigenvalue weighted by molar-refractivity contribution is -0.406. The first-order valence-corrected chi connectivity index (χ1v) is 3.75. The lowest BCUT2D eigenvalue weighted by atomic mass is 10.3. The molecule has 0 amide bonds. The first kappa shape index (κ1) is 8.00. The SMILES string of the molecule is O=[N+]([O-])c1nc2cc(Cl)ccc2o1. The fourth-order valence-corrected chi connectivity index (χ4v) is 1.13. The number of nitrogens with zero attached hydrogens (tertiary/aromatic N) is 2. The molecule has 5 nitrogen and oxygen atoms in total. The van der Waals surface area contributed by atoms with Crippen LogP contribution >= 0.6 is 11.6 Å². The molecule has 6 heteroatoms. The zero-order valence-electron chi connectivity index (χ0n) is 6.23. The first-order valence-electron chi connectivity index (χ1n) is 3.37. The molecule has 1 aromatic heterocycles. The number of hydrogen-bond donors (Lipinski definition) is 0. The predicted molar refractivity (Wildman–Crippen MR) is 45.7 cm³/mol. The molecular formula is C7H3ClN2O3. The van der Waals surface area contributed by atoms with Gasteiger partial charge in [-0.05, 0) is 12.1 Å². The van der Waals surface area contributed by atoms with E-state index in [1.807, 2.05) is 0 Å². The third-order valence-corrected chi connectivity index (χ3v) is 1.73. The van der Waals surface area contributed by atoms with Crippen LogP contribution < -0.4 is 0 Å². The normalized spacial score (nSPS) is 10.5. The topological polar surface area (TPSA) is 69.2 Å². The molecule has 0 N–H and O–H groups in total. The van der Waals surface area contributed by atoms with Crippen molar-refractivity contribution < 1.29 is 9.34 Å². The summed E-state index contributed by atoms with van der Waals surface area (Å²) in [6.45, 7) is 0. The molecule has 2 rings (SSSR count). The van der Waals surface area contributed by atoms with E-state index in [1.54, 1.807) is 6.07 Å². The van der Waals surface area contributed by atoms with Gasteiger partial charge in [-0.25, -0.2) is 0 Å². The van der Waals surface area contributed by atoms with Gasteiger partial charge in [-0.2, -0.15) is 0 Å². The van der Waals surface area contributed by atoms with E-state index in [4.69, 9.17) is 16.0 Å². The molecule has 1 aromatic carbocycles. The van der Waals surface area contributed by atoms with Gasteiger partial charge in [0.25, 0.3) is 0 Å². The van der Waals surface area contributed by atoms with E-state index >= 15 is 0 Å². The van der Waals surface area contributed by atoms with Crippen molar-refractivity contribution in [1.29, 1.82) is 0 Å². The lowest BCUT2D eigenvalue weighted by Crippen LogP contribution is -1.85. The van der Waals surface area contributed by atoms with Gasteiger partial charge in [0.05, 0.1) is 0 Å². The Morgan fingerprint density at radius 1 is 1.54 bits per heavy atom. The van der Waals surface area contributed by atoms with Crippen molar-refractivity contribution in [3.05, 3.63) is 33.3 Å². The minimum Gasteiger partial charge on any atom is -0.381 e. The van der Waals surface area contributed by atoms with Crippen LogP contribution in [0.5, 0.6) is 0 Å². The highest BCUT2D eigenvalue weighted by Gasteiger charge is 2.16. The van der Waals surface area contributed by atoms with E-state index in [0.717, 1.165) is 0 Å². The van der Waals surface area contributed by atoms with E-state index in [0.29, 0.717) is 16.1 Å². The van der Waals surface area contributed by atoms with Gasteiger partial charge in [0.15, 0.2) is 5.58 Å². The summed E-state index contributed by atoms with van der Waals surface area (Å²) >= 11 is 5.66. The van der Waals surface area contributed by atoms with Crippen LogP contribution in [0, 0.1) is 10.1 Å². The van der Waals surface area contributed by atoms with Gasteiger partial charge in [0.2, 0.25) is 5.52 Å². The van der Waals surface area contributed by atoms with Gasteiger partial charge in [-0.1, -0.05) is 11.6 Å². The summed E-state index contributed by atoms with van der Waals surface area (Å²) < 4.78 is 4.82. The summed E-state index contributed by atoms with van der Waals surface area (Å²) in [6, 6.07) is 4.11. The number of benzene rings is 1. The van der Waals surface area contributed by atoms with Crippen LogP contribution in [0.2, 0.25) is 5.02 Å². The van der Waals surface area contributed by atoms with Crippen molar-refractivity contribution in [2.45, 2.75) is 0 Å². The molecular weight excluding hydrogens is 196 g/mol. The Labute approximate surface area is 77.1 Å². The second-order valence-electron chi connectivity index (χ2n) is 2.37. The number of rotatable bonds is 1. The summed E-state index contributed by atoms with van der Waals surface area (Å²) in [6.07, 6.45) is 0. The summed E-state index contributed by atoms with van der Waals surface area (Å²) in [5.41, 5.74) is 0.746. The highest BCUT2D eigenvalue weighted by atomic mass is 35.5. The Bertz CT molecular complexity index is 480. The highest BCUT2D eigenvalue weighted by molar-refractivity contribution is 6.31. The lowest BCUT2D eigenvalue weighted by Gasteiger charge is -1.83. The van der Waals surface area contributed by atoms with Crippen LogP contribution in [0.3, 0.4) is 0 Å². The molecule has 2 aromatic rings. The number of hydrogen-bond acceptors (Lipinski definition) is 4. The largest absolute Gasteiger partial charge is 0.546 e. The second-order valence-corrected chi connectivity index (χ2v) is 2.80. The molecule has 1 heterocycles. The first-order chi connectivity index (χ1) is 6.16. The molecule has 0 bridgehead atoms. The van der Waals surface area contributed by atoms with Crippen LogP contribution in [0.1, 0.15) is 0 Å². The van der Waals surface area contributed by atoms with E-state index < -0.39 is 10.9 Å². The van der Waals surface area contributed by atoms with Crippen molar-refractivity contribution in [3.8, 4) is 0 Å². The molecule has 0 aliphatic rings. The van der Waals surface area contributed by atoms with Gasteiger partial charge in [-0.3, -0.25) is 0 Å². The Balaban J connectivity index is 2.68. The number of halogens is 1. The Hall–Kier alpha value is -1.62. The van der Waals surface area contributed by atoms with Gasteiger partial charge < -0.3 is 14.5 Å². The molecule has 0 unspecified atom stereocenters. The smallest absolute Gasteiger partial charge is 0.381 e. The predicted octanol–water partition coefficient (Wildman–Crippen LogP) is 2.39. The average molecular weight is 199 g/mol. The summed E-state index contributed by atoms with van der Waals surface area (Å²) in [7, 11) is 0. The molecule has 0 spiro atoms. The Kier molecular flexibility index (Phi) is 1.66. The standard InChI is InChI=1S/C7H3ClN2O3/c8-4-1-2-6-5(3-4)9-7(13-6)10(11)12/h1-3H. The van der Waals surface area contributed by atoms with Crippen LogP contribution in [-0.4, -0.2) is 9.91 Å². The van der Waals surface area contributed by atoms with Crippen molar-refractivity contribution in [3.63, 3.8) is 0 Å². The van der Waals surface area contributed by atoms with Crippen molar-refractivity contribution >= 4 is 28.7 Å². The quantitative estimate of drug-likeness (QED) is 0.521. The maximum absolute atomic E-state index is 10.3. The number of nitro groups is 1. The van der Waals surface area contributed by atoms with Crippen LogP contribution in [0.25, 0.3) is 11.1 Å². The van der Waals surface area contributed by atoms with Crippen LogP contribution in [0.4, 0.5) is 6.01 Å². The molecule has 0 aliphatic carbocycles. The minimum atomic E-state index is -0.687. The number of oxazole rings is 1. The highest BCUT2D eigenvalue weighted by Crippen LogP contribution is 2.22. The summed E-state index contributed by atoms with van der Waals surface area (Å²) in [5, 5.41) is 10.7. The maximum Gasteiger partial charge on any atom is 0.546 e. The van der Waals surface area contributed by atoms with Crippen LogP contribution in [-0.2, 0) is 0 Å². The molecule has 66 valence electrons. The molecule has 0 radical (unpaired) electrons. The van der Waals surface area contributed by atoms with E-state index in [-0.39, 0.29) is 0 Å².